The van der Waals surface area contributed by atoms with Crippen LogP contribution in [0.5, 0.6) is 0 Å². The van der Waals surface area contributed by atoms with Crippen LogP contribution in [0.15, 0.2) is 55.0 Å². The van der Waals surface area contributed by atoms with Crippen molar-refractivity contribution in [2.75, 3.05) is 12.3 Å². The minimum Gasteiger partial charge on any atom is -0.383 e. The molecular formula is C25H21F3N6O2. The molecule has 0 unspecified atom stereocenters. The third kappa shape index (κ3) is 4.82. The summed E-state index contributed by atoms with van der Waals surface area (Å²) in [5.74, 6) is 0.457. The van der Waals surface area contributed by atoms with Crippen molar-refractivity contribution in [2.45, 2.75) is 32.3 Å². The molecule has 0 radical (unpaired) electrons. The lowest BCUT2D eigenvalue weighted by Crippen LogP contribution is -2.31. The number of nitrogen functional groups attached to an aromatic ring is 1. The molecular weight excluding hydrogens is 473 g/mol. The summed E-state index contributed by atoms with van der Waals surface area (Å²) >= 11 is 0. The van der Waals surface area contributed by atoms with Crippen LogP contribution in [-0.2, 0) is 37.0 Å². The number of pyridine rings is 2. The van der Waals surface area contributed by atoms with Crippen molar-refractivity contribution in [1.29, 1.82) is 0 Å². The molecule has 0 saturated carbocycles. The van der Waals surface area contributed by atoms with Gasteiger partial charge in [-0.2, -0.15) is 13.2 Å². The fraction of sp³-hybridized carbons (Fsp3) is 0.240. The second-order valence-electron chi connectivity index (χ2n) is 8.35. The summed E-state index contributed by atoms with van der Waals surface area (Å²) in [6.45, 7) is 0.922. The molecule has 1 amide bonds. The van der Waals surface area contributed by atoms with E-state index in [0.29, 0.717) is 48.1 Å². The Morgan fingerprint density at radius 2 is 1.86 bits per heavy atom. The molecule has 8 nitrogen and oxygen atoms in total. The van der Waals surface area contributed by atoms with Gasteiger partial charge in [-0.05, 0) is 48.4 Å². The first kappa shape index (κ1) is 23.6. The highest BCUT2D eigenvalue weighted by Gasteiger charge is 2.31. The summed E-state index contributed by atoms with van der Waals surface area (Å²) in [5, 5.41) is 0.817. The van der Waals surface area contributed by atoms with Gasteiger partial charge in [0.1, 0.15) is 11.6 Å². The van der Waals surface area contributed by atoms with Crippen molar-refractivity contribution in [3.05, 3.63) is 88.8 Å². The average Bonchev–Trinajstić information content (AvgIpc) is 2.88. The van der Waals surface area contributed by atoms with Gasteiger partial charge in [0.25, 0.3) is 5.91 Å². The zero-order valence-electron chi connectivity index (χ0n) is 19.0. The van der Waals surface area contributed by atoms with Gasteiger partial charge in [-0.3, -0.25) is 9.78 Å². The fourth-order valence-electron chi connectivity index (χ4n) is 4.16. The first-order valence-electron chi connectivity index (χ1n) is 11.2. The normalized spacial score (nSPS) is 13.4. The van der Waals surface area contributed by atoms with E-state index in [9.17, 15) is 18.0 Å². The molecule has 0 aliphatic carbocycles. The number of ether oxygens (including phenoxy) is 1. The molecule has 0 saturated heterocycles. The van der Waals surface area contributed by atoms with Gasteiger partial charge in [-0.15, -0.1) is 0 Å². The highest BCUT2D eigenvalue weighted by molar-refractivity contribution is 5.99. The number of nitrogens with zero attached hydrogens (tertiary/aromatic N) is 5. The number of rotatable bonds is 5. The number of anilines is 1. The molecule has 1 aromatic carbocycles. The van der Waals surface area contributed by atoms with Crippen molar-refractivity contribution < 1.29 is 22.7 Å². The van der Waals surface area contributed by atoms with Gasteiger partial charge < -0.3 is 15.4 Å². The van der Waals surface area contributed by atoms with Crippen LogP contribution in [0.2, 0.25) is 0 Å². The summed E-state index contributed by atoms with van der Waals surface area (Å²) in [6, 6.07) is 9.03. The maximum atomic E-state index is 13.7. The zero-order valence-corrected chi connectivity index (χ0v) is 19.0. The molecule has 3 aromatic heterocycles. The molecule has 4 aromatic rings. The number of carbonyl (C=O) groups excluding carboxylic acids is 1. The SMILES string of the molecule is Nc1nc2ccc(C(=O)N(Cc3ccc(C(F)(F)F)cn3)Cc3ncccn3)cc2c2c1COCC2. The van der Waals surface area contributed by atoms with Crippen molar-refractivity contribution in [3.8, 4) is 0 Å². The molecule has 4 heterocycles. The van der Waals surface area contributed by atoms with Crippen LogP contribution in [0.25, 0.3) is 10.9 Å². The summed E-state index contributed by atoms with van der Waals surface area (Å²) in [5.41, 5.74) is 8.44. The Hall–Kier alpha value is -4.12. The highest BCUT2D eigenvalue weighted by Crippen LogP contribution is 2.31. The number of aromatic nitrogens is 4. The zero-order chi connectivity index (χ0) is 25.3. The topological polar surface area (TPSA) is 107 Å². The minimum atomic E-state index is -4.49. The lowest BCUT2D eigenvalue weighted by atomic mass is 9.97. The van der Waals surface area contributed by atoms with Crippen molar-refractivity contribution >= 4 is 22.6 Å². The van der Waals surface area contributed by atoms with E-state index in [1.807, 2.05) is 0 Å². The Morgan fingerprint density at radius 1 is 1.06 bits per heavy atom. The van der Waals surface area contributed by atoms with Crippen molar-refractivity contribution in [2.24, 2.45) is 0 Å². The number of benzene rings is 1. The van der Waals surface area contributed by atoms with E-state index in [-0.39, 0.29) is 19.0 Å². The number of alkyl halides is 3. The van der Waals surface area contributed by atoms with E-state index >= 15 is 0 Å². The van der Waals surface area contributed by atoms with Gasteiger partial charge in [0.05, 0.1) is 43.1 Å². The number of nitrogens with two attached hydrogens (primary N) is 1. The summed E-state index contributed by atoms with van der Waals surface area (Å²) < 4.78 is 44.4. The van der Waals surface area contributed by atoms with Crippen LogP contribution < -0.4 is 5.73 Å². The first-order valence-corrected chi connectivity index (χ1v) is 11.2. The maximum absolute atomic E-state index is 13.7. The molecule has 36 heavy (non-hydrogen) atoms. The molecule has 1 aliphatic heterocycles. The molecule has 2 N–H and O–H groups in total. The third-order valence-electron chi connectivity index (χ3n) is 5.97. The minimum absolute atomic E-state index is 0.0286. The number of carbonyl (C=O) groups is 1. The summed E-state index contributed by atoms with van der Waals surface area (Å²) in [4.78, 5) is 31.9. The van der Waals surface area contributed by atoms with E-state index in [4.69, 9.17) is 10.5 Å². The van der Waals surface area contributed by atoms with Gasteiger partial charge in [0.15, 0.2) is 0 Å². The highest BCUT2D eigenvalue weighted by atomic mass is 19.4. The molecule has 1 aliphatic rings. The second-order valence-corrected chi connectivity index (χ2v) is 8.35. The van der Waals surface area contributed by atoms with Gasteiger partial charge in [-0.25, -0.2) is 15.0 Å². The second kappa shape index (κ2) is 9.50. The van der Waals surface area contributed by atoms with Gasteiger partial charge in [-0.1, -0.05) is 0 Å². The Bertz CT molecular complexity index is 1410. The van der Waals surface area contributed by atoms with Crippen LogP contribution >= 0.6 is 0 Å². The molecule has 0 fully saturated rings. The fourth-order valence-corrected chi connectivity index (χ4v) is 4.16. The number of hydrogen-bond acceptors (Lipinski definition) is 7. The largest absolute Gasteiger partial charge is 0.417 e. The molecule has 0 atom stereocenters. The Kier molecular flexibility index (Phi) is 6.23. The van der Waals surface area contributed by atoms with Crippen LogP contribution in [0.1, 0.15) is 38.6 Å². The van der Waals surface area contributed by atoms with E-state index in [1.54, 1.807) is 36.7 Å². The molecule has 5 rings (SSSR count). The van der Waals surface area contributed by atoms with Gasteiger partial charge in [0, 0.05) is 35.1 Å². The number of hydrogen-bond donors (Lipinski definition) is 1. The Balaban J connectivity index is 1.50. The standard InChI is InChI=1S/C25H21F3N6O2/c26-25(27,28)16-3-4-17(32-11-16)12-34(13-22-30-7-1-8-31-22)24(35)15-2-5-21-19(10-15)18-6-9-36-14-20(18)23(29)33-21/h1-5,7-8,10-11H,6,9,12-14H2,(H2,29,33). The van der Waals surface area contributed by atoms with E-state index < -0.39 is 11.7 Å². The van der Waals surface area contributed by atoms with Gasteiger partial charge >= 0.3 is 6.18 Å². The molecule has 0 spiro atoms. The van der Waals surface area contributed by atoms with Crippen LogP contribution in [-0.4, -0.2) is 37.3 Å². The molecule has 0 bridgehead atoms. The Morgan fingerprint density at radius 3 is 2.58 bits per heavy atom. The van der Waals surface area contributed by atoms with E-state index in [1.165, 1.54) is 11.0 Å². The predicted octanol–water partition coefficient (Wildman–Crippen LogP) is 3.94. The first-order chi connectivity index (χ1) is 17.3. The van der Waals surface area contributed by atoms with Crippen LogP contribution in [0.4, 0.5) is 19.0 Å². The number of halogens is 3. The van der Waals surface area contributed by atoms with Crippen LogP contribution in [0, 0.1) is 0 Å². The summed E-state index contributed by atoms with van der Waals surface area (Å²) in [7, 11) is 0. The lowest BCUT2D eigenvalue weighted by molar-refractivity contribution is -0.137. The predicted molar refractivity (Wildman–Crippen MR) is 124 cm³/mol. The Labute approximate surface area is 204 Å². The smallest absolute Gasteiger partial charge is 0.383 e. The molecule has 11 heteroatoms. The average molecular weight is 494 g/mol. The third-order valence-corrected chi connectivity index (χ3v) is 5.97. The lowest BCUT2D eigenvalue weighted by Gasteiger charge is -2.23. The summed E-state index contributed by atoms with van der Waals surface area (Å²) in [6.07, 6.45) is 0.0277. The number of amides is 1. The number of fused-ring (bicyclic) bond motifs is 3. The van der Waals surface area contributed by atoms with E-state index in [0.717, 1.165) is 28.8 Å². The van der Waals surface area contributed by atoms with E-state index in [2.05, 4.69) is 19.9 Å². The van der Waals surface area contributed by atoms with Gasteiger partial charge in [0.2, 0.25) is 0 Å². The van der Waals surface area contributed by atoms with Crippen molar-refractivity contribution in [1.82, 2.24) is 24.8 Å². The molecule has 184 valence electrons. The quantitative estimate of drug-likeness (QED) is 0.448. The monoisotopic (exact) mass is 494 g/mol. The maximum Gasteiger partial charge on any atom is 0.417 e. The van der Waals surface area contributed by atoms with Crippen LogP contribution in [0.3, 0.4) is 0 Å². The van der Waals surface area contributed by atoms with Crippen molar-refractivity contribution in [3.63, 3.8) is 0 Å².